The highest BCUT2D eigenvalue weighted by atomic mass is 32.2. The minimum Gasteiger partial charge on any atom is -0.348 e. The summed E-state index contributed by atoms with van der Waals surface area (Å²) in [6, 6.07) is 11.2. The van der Waals surface area contributed by atoms with E-state index in [1.807, 2.05) is 6.07 Å². The Morgan fingerprint density at radius 3 is 2.64 bits per heavy atom. The Morgan fingerprint density at radius 2 is 1.88 bits per heavy atom. The van der Waals surface area contributed by atoms with Crippen LogP contribution in [0.25, 0.3) is 0 Å². The Hall–Kier alpha value is -2.38. The fourth-order valence-corrected chi connectivity index (χ4v) is 3.43. The minimum atomic E-state index is -3.39. The molecule has 0 bridgehead atoms. The summed E-state index contributed by atoms with van der Waals surface area (Å²) in [5, 5.41) is 6.17. The number of carbonyl (C=O) groups is 1. The zero-order valence-electron chi connectivity index (χ0n) is 14.2. The van der Waals surface area contributed by atoms with Crippen molar-refractivity contribution >= 4 is 21.6 Å². The lowest BCUT2D eigenvalue weighted by molar-refractivity contribution is 0.0951. The first-order valence-corrected chi connectivity index (χ1v) is 9.89. The second-order valence-corrected chi connectivity index (χ2v) is 8.04. The van der Waals surface area contributed by atoms with Gasteiger partial charge in [0.1, 0.15) is 0 Å². The average Bonchev–Trinajstić information content (AvgIpc) is 3.01. The van der Waals surface area contributed by atoms with E-state index >= 15 is 0 Å². The third-order valence-electron chi connectivity index (χ3n) is 4.15. The molecule has 1 amide bonds. The van der Waals surface area contributed by atoms with E-state index in [0.29, 0.717) is 17.8 Å². The number of amides is 1. The summed E-state index contributed by atoms with van der Waals surface area (Å²) < 4.78 is 25.3. The molecular weight excluding hydrogens is 338 g/mol. The molecule has 2 aromatic rings. The molecule has 7 heteroatoms. The molecule has 25 heavy (non-hydrogen) atoms. The molecule has 0 radical (unpaired) electrons. The first-order chi connectivity index (χ1) is 11.8. The lowest BCUT2D eigenvalue weighted by atomic mass is 10.1. The summed E-state index contributed by atoms with van der Waals surface area (Å²) in [5.41, 5.74) is 5.19. The van der Waals surface area contributed by atoms with Crippen LogP contribution in [-0.4, -0.2) is 20.6 Å². The van der Waals surface area contributed by atoms with Crippen molar-refractivity contribution in [2.24, 2.45) is 0 Å². The highest BCUT2D eigenvalue weighted by Gasteiger charge is 2.12. The monoisotopic (exact) mass is 359 g/mol. The van der Waals surface area contributed by atoms with E-state index in [1.54, 1.807) is 25.1 Å². The van der Waals surface area contributed by atoms with Crippen molar-refractivity contribution in [3.63, 3.8) is 0 Å². The quantitative estimate of drug-likeness (QED) is 0.761. The van der Waals surface area contributed by atoms with Crippen LogP contribution < -0.4 is 15.4 Å². The highest BCUT2D eigenvalue weighted by molar-refractivity contribution is 7.92. The molecule has 0 fully saturated rings. The van der Waals surface area contributed by atoms with Gasteiger partial charge in [-0.15, -0.1) is 0 Å². The van der Waals surface area contributed by atoms with E-state index in [9.17, 15) is 13.2 Å². The number of aryl methyl sites for hydroxylation is 1. The lowest BCUT2D eigenvalue weighted by Crippen LogP contribution is -2.23. The minimum absolute atomic E-state index is 0.241. The van der Waals surface area contributed by atoms with Gasteiger partial charge < -0.3 is 10.6 Å². The van der Waals surface area contributed by atoms with Crippen LogP contribution in [0.15, 0.2) is 36.4 Å². The van der Waals surface area contributed by atoms with Crippen molar-refractivity contribution in [3.05, 3.63) is 64.2 Å². The van der Waals surface area contributed by atoms with E-state index in [0.717, 1.165) is 30.5 Å². The molecule has 0 aliphatic carbocycles. The Bertz CT molecular complexity index is 923. The van der Waals surface area contributed by atoms with E-state index in [-0.39, 0.29) is 5.91 Å². The van der Waals surface area contributed by atoms with Gasteiger partial charge in [-0.2, -0.15) is 0 Å². The van der Waals surface area contributed by atoms with Gasteiger partial charge in [-0.3, -0.25) is 9.52 Å². The number of hydrogen-bond acceptors (Lipinski definition) is 4. The number of carbonyl (C=O) groups excluding carboxylic acids is 1. The smallest absolute Gasteiger partial charge is 0.251 e. The van der Waals surface area contributed by atoms with Crippen molar-refractivity contribution in [3.8, 4) is 0 Å². The van der Waals surface area contributed by atoms with Crippen LogP contribution in [-0.2, 0) is 29.7 Å². The molecule has 0 aromatic heterocycles. The SMILES string of the molecule is Cc1ccc(C(=O)NCc2ccc3c(c2)CNC3)cc1NS(C)(=O)=O. The molecule has 3 rings (SSSR count). The third kappa shape index (κ3) is 4.37. The standard InChI is InChI=1S/C18H21N3O3S/c1-12-3-5-14(8-17(12)21-25(2,23)24)18(22)20-9-13-4-6-15-10-19-11-16(15)7-13/h3-8,19,21H,9-11H2,1-2H3,(H,20,22). The Balaban J connectivity index is 1.70. The molecule has 1 aliphatic heterocycles. The van der Waals surface area contributed by atoms with Crippen LogP contribution in [0.2, 0.25) is 0 Å². The van der Waals surface area contributed by atoms with E-state index in [1.165, 1.54) is 11.1 Å². The molecule has 3 N–H and O–H groups in total. The van der Waals surface area contributed by atoms with Gasteiger partial charge in [-0.1, -0.05) is 24.3 Å². The molecule has 1 aliphatic rings. The van der Waals surface area contributed by atoms with Crippen molar-refractivity contribution in [2.75, 3.05) is 11.0 Å². The molecule has 0 unspecified atom stereocenters. The molecule has 2 aromatic carbocycles. The first-order valence-electron chi connectivity index (χ1n) is 8.00. The average molecular weight is 359 g/mol. The van der Waals surface area contributed by atoms with Crippen LogP contribution in [0.1, 0.15) is 32.6 Å². The molecule has 132 valence electrons. The molecule has 0 atom stereocenters. The van der Waals surface area contributed by atoms with Gasteiger partial charge >= 0.3 is 0 Å². The van der Waals surface area contributed by atoms with Gasteiger partial charge in [0.05, 0.1) is 11.9 Å². The maximum atomic E-state index is 12.4. The number of fused-ring (bicyclic) bond motifs is 1. The maximum absolute atomic E-state index is 12.4. The van der Waals surface area contributed by atoms with Gasteiger partial charge in [0.15, 0.2) is 0 Å². The molecule has 0 saturated heterocycles. The summed E-state index contributed by atoms with van der Waals surface area (Å²) in [6.45, 7) is 3.96. The van der Waals surface area contributed by atoms with Crippen molar-refractivity contribution in [1.82, 2.24) is 10.6 Å². The zero-order valence-corrected chi connectivity index (χ0v) is 15.0. The number of rotatable bonds is 5. The van der Waals surface area contributed by atoms with Gasteiger partial charge in [-0.05, 0) is 41.3 Å². The number of hydrogen-bond donors (Lipinski definition) is 3. The van der Waals surface area contributed by atoms with Crippen LogP contribution >= 0.6 is 0 Å². The van der Waals surface area contributed by atoms with Gasteiger partial charge in [0, 0.05) is 25.2 Å². The summed E-state index contributed by atoms with van der Waals surface area (Å²) in [6.07, 6.45) is 1.09. The largest absolute Gasteiger partial charge is 0.348 e. The fraction of sp³-hybridized carbons (Fsp3) is 0.278. The first kappa shape index (κ1) is 17.4. The predicted molar refractivity (Wildman–Crippen MR) is 97.8 cm³/mol. The van der Waals surface area contributed by atoms with Crippen LogP contribution in [0.5, 0.6) is 0 Å². The summed E-state index contributed by atoms with van der Waals surface area (Å²) >= 11 is 0. The van der Waals surface area contributed by atoms with E-state index in [4.69, 9.17) is 0 Å². The van der Waals surface area contributed by atoms with Crippen molar-refractivity contribution in [1.29, 1.82) is 0 Å². The van der Waals surface area contributed by atoms with Gasteiger partial charge in [0.2, 0.25) is 10.0 Å². The Morgan fingerprint density at radius 1 is 1.12 bits per heavy atom. The number of nitrogens with one attached hydrogen (secondary N) is 3. The van der Waals surface area contributed by atoms with Gasteiger partial charge in [-0.25, -0.2) is 8.42 Å². The fourth-order valence-electron chi connectivity index (χ4n) is 2.82. The van der Waals surface area contributed by atoms with E-state index in [2.05, 4.69) is 27.5 Å². The third-order valence-corrected chi connectivity index (χ3v) is 4.74. The van der Waals surface area contributed by atoms with Gasteiger partial charge in [0.25, 0.3) is 5.91 Å². The number of benzene rings is 2. The number of sulfonamides is 1. The molecule has 1 heterocycles. The predicted octanol–water partition coefficient (Wildman–Crippen LogP) is 1.90. The summed E-state index contributed by atoms with van der Waals surface area (Å²) in [7, 11) is -3.39. The Labute approximate surface area is 147 Å². The molecule has 6 nitrogen and oxygen atoms in total. The maximum Gasteiger partial charge on any atom is 0.251 e. The van der Waals surface area contributed by atoms with Crippen LogP contribution in [0.4, 0.5) is 5.69 Å². The zero-order chi connectivity index (χ0) is 18.0. The van der Waals surface area contributed by atoms with Crippen molar-refractivity contribution in [2.45, 2.75) is 26.6 Å². The Kier molecular flexibility index (Phi) is 4.78. The summed E-state index contributed by atoms with van der Waals surface area (Å²) in [5.74, 6) is -0.241. The highest BCUT2D eigenvalue weighted by Crippen LogP contribution is 2.19. The number of anilines is 1. The van der Waals surface area contributed by atoms with Crippen LogP contribution in [0.3, 0.4) is 0 Å². The topological polar surface area (TPSA) is 87.3 Å². The molecule has 0 spiro atoms. The second-order valence-electron chi connectivity index (χ2n) is 6.29. The molecular formula is C18H21N3O3S. The second kappa shape index (κ2) is 6.85. The summed E-state index contributed by atoms with van der Waals surface area (Å²) in [4.78, 5) is 12.4. The lowest BCUT2D eigenvalue weighted by Gasteiger charge is -2.11. The van der Waals surface area contributed by atoms with E-state index < -0.39 is 10.0 Å². The molecule has 0 saturated carbocycles. The van der Waals surface area contributed by atoms with Crippen LogP contribution in [0, 0.1) is 6.92 Å². The van der Waals surface area contributed by atoms with Crippen molar-refractivity contribution < 1.29 is 13.2 Å². The normalized spacial score (nSPS) is 13.4.